The summed E-state index contributed by atoms with van der Waals surface area (Å²) in [5.74, 6) is -0.325. The Hall–Kier alpha value is -2.62. The summed E-state index contributed by atoms with van der Waals surface area (Å²) in [6.45, 7) is 0. The van der Waals surface area contributed by atoms with Gasteiger partial charge in [0.1, 0.15) is 11.5 Å². The molecule has 0 aromatic heterocycles. The molecule has 0 bridgehead atoms. The van der Waals surface area contributed by atoms with Gasteiger partial charge >= 0.3 is 5.97 Å². The lowest BCUT2D eigenvalue weighted by molar-refractivity contribution is 0.0735. The highest BCUT2D eigenvalue weighted by atomic mass is 16.5. The third kappa shape index (κ3) is 2.55. The molecule has 0 aliphatic rings. The molecule has 2 aromatic carbocycles. The largest absolute Gasteiger partial charge is 0.507 e. The lowest BCUT2D eigenvalue weighted by atomic mass is 10.1. The van der Waals surface area contributed by atoms with Gasteiger partial charge in [-0.25, -0.2) is 4.79 Å². The summed E-state index contributed by atoms with van der Waals surface area (Å²) in [6, 6.07) is 12.6. The molecule has 0 aliphatic carbocycles. The molecule has 2 aromatic rings. The first-order valence-electron chi connectivity index (χ1n) is 5.26. The summed E-state index contributed by atoms with van der Waals surface area (Å²) in [4.78, 5) is 22.4. The number of phenols is 1. The van der Waals surface area contributed by atoms with Crippen molar-refractivity contribution in [2.24, 2.45) is 0 Å². The number of aromatic hydroxyl groups is 1. The van der Waals surface area contributed by atoms with Crippen LogP contribution < -0.4 is 4.74 Å². The molecule has 0 atom stereocenters. The van der Waals surface area contributed by atoms with E-state index in [1.54, 1.807) is 24.3 Å². The van der Waals surface area contributed by atoms with Crippen molar-refractivity contribution in [3.8, 4) is 11.5 Å². The molecule has 0 unspecified atom stereocenters. The zero-order chi connectivity index (χ0) is 13.0. The number of phenolic OH excluding ortho intramolecular Hbond substituents is 1. The van der Waals surface area contributed by atoms with Crippen molar-refractivity contribution in [2.75, 3.05) is 0 Å². The molecule has 2 rings (SSSR count). The fourth-order valence-electron chi connectivity index (χ4n) is 1.43. The first kappa shape index (κ1) is 11.9. The van der Waals surface area contributed by atoms with Crippen LogP contribution in [-0.2, 0) is 0 Å². The van der Waals surface area contributed by atoms with E-state index in [4.69, 9.17) is 4.74 Å². The van der Waals surface area contributed by atoms with Crippen LogP contribution in [0.1, 0.15) is 20.7 Å². The molecule has 0 saturated carbocycles. The van der Waals surface area contributed by atoms with Crippen LogP contribution in [-0.4, -0.2) is 17.4 Å². The van der Waals surface area contributed by atoms with Crippen molar-refractivity contribution in [3.63, 3.8) is 0 Å². The summed E-state index contributed by atoms with van der Waals surface area (Å²) in [6.07, 6.45) is 0.481. The van der Waals surface area contributed by atoms with E-state index in [0.29, 0.717) is 12.0 Å². The number of hydrogen-bond acceptors (Lipinski definition) is 4. The molecule has 90 valence electrons. The minimum atomic E-state index is -0.579. The highest BCUT2D eigenvalue weighted by Gasteiger charge is 2.11. The van der Waals surface area contributed by atoms with Crippen LogP contribution in [0.4, 0.5) is 0 Å². The Kier molecular flexibility index (Phi) is 3.38. The first-order valence-corrected chi connectivity index (χ1v) is 5.26. The molecule has 1 N–H and O–H groups in total. The average Bonchev–Trinajstić information content (AvgIpc) is 2.40. The second-order valence-corrected chi connectivity index (χ2v) is 3.59. The second kappa shape index (κ2) is 5.14. The third-order valence-electron chi connectivity index (χ3n) is 2.34. The van der Waals surface area contributed by atoms with E-state index in [1.807, 2.05) is 6.07 Å². The number of carbonyl (C=O) groups is 2. The number of benzene rings is 2. The zero-order valence-corrected chi connectivity index (χ0v) is 9.37. The standard InChI is InChI=1S/C14H10O4/c15-9-11-8-10(6-7-13(11)16)14(17)18-12-4-2-1-3-5-12/h1-9,16H. The van der Waals surface area contributed by atoms with Crippen LogP contribution in [0.3, 0.4) is 0 Å². The van der Waals surface area contributed by atoms with E-state index in [0.717, 1.165) is 0 Å². The van der Waals surface area contributed by atoms with Crippen LogP contribution in [0.2, 0.25) is 0 Å². The van der Waals surface area contributed by atoms with Crippen molar-refractivity contribution >= 4 is 12.3 Å². The smallest absolute Gasteiger partial charge is 0.343 e. The van der Waals surface area contributed by atoms with Gasteiger partial charge < -0.3 is 9.84 Å². The molecule has 4 heteroatoms. The van der Waals surface area contributed by atoms with Gasteiger partial charge in [0, 0.05) is 0 Å². The van der Waals surface area contributed by atoms with Crippen LogP contribution in [0.25, 0.3) is 0 Å². The quantitative estimate of drug-likeness (QED) is 0.510. The Morgan fingerprint density at radius 3 is 2.50 bits per heavy atom. The van der Waals surface area contributed by atoms with Crippen molar-refractivity contribution in [3.05, 3.63) is 59.7 Å². The third-order valence-corrected chi connectivity index (χ3v) is 2.34. The molecule has 0 fully saturated rings. The van der Waals surface area contributed by atoms with Gasteiger partial charge in [-0.3, -0.25) is 4.79 Å². The van der Waals surface area contributed by atoms with Gasteiger partial charge in [0.05, 0.1) is 11.1 Å². The molecule has 4 nitrogen and oxygen atoms in total. The highest BCUT2D eigenvalue weighted by Crippen LogP contribution is 2.18. The van der Waals surface area contributed by atoms with Crippen molar-refractivity contribution in [2.45, 2.75) is 0 Å². The number of aldehydes is 1. The van der Waals surface area contributed by atoms with Gasteiger partial charge in [0.15, 0.2) is 6.29 Å². The minimum absolute atomic E-state index is 0.0533. The number of para-hydroxylation sites is 1. The number of hydrogen-bond donors (Lipinski definition) is 1. The summed E-state index contributed by atoms with van der Waals surface area (Å²) in [7, 11) is 0. The molecular weight excluding hydrogens is 232 g/mol. The van der Waals surface area contributed by atoms with Crippen LogP contribution in [0.15, 0.2) is 48.5 Å². The van der Waals surface area contributed by atoms with Crippen LogP contribution in [0, 0.1) is 0 Å². The Balaban J connectivity index is 2.22. The molecule has 0 aliphatic heterocycles. The number of ether oxygens (including phenoxy) is 1. The number of carbonyl (C=O) groups excluding carboxylic acids is 2. The molecule has 18 heavy (non-hydrogen) atoms. The normalized spacial score (nSPS) is 9.78. The van der Waals surface area contributed by atoms with E-state index in [2.05, 4.69) is 0 Å². The van der Waals surface area contributed by atoms with Gasteiger partial charge in [-0.05, 0) is 30.3 Å². The molecule has 0 spiro atoms. The van der Waals surface area contributed by atoms with Crippen molar-refractivity contribution in [1.29, 1.82) is 0 Å². The summed E-state index contributed by atoms with van der Waals surface area (Å²) >= 11 is 0. The lowest BCUT2D eigenvalue weighted by Crippen LogP contribution is -2.08. The highest BCUT2D eigenvalue weighted by molar-refractivity contribution is 5.93. The Labute approximate surface area is 103 Å². The Morgan fingerprint density at radius 1 is 1.11 bits per heavy atom. The van der Waals surface area contributed by atoms with Gasteiger partial charge in [0.2, 0.25) is 0 Å². The van der Waals surface area contributed by atoms with Crippen LogP contribution >= 0.6 is 0 Å². The average molecular weight is 242 g/mol. The van der Waals surface area contributed by atoms with Gasteiger partial charge in [-0.2, -0.15) is 0 Å². The molecular formula is C14H10O4. The predicted octanol–water partition coefficient (Wildman–Crippen LogP) is 2.42. The monoisotopic (exact) mass is 242 g/mol. The molecule has 0 amide bonds. The van der Waals surface area contributed by atoms with E-state index in [-0.39, 0.29) is 16.9 Å². The summed E-state index contributed by atoms with van der Waals surface area (Å²) in [5, 5.41) is 9.32. The van der Waals surface area contributed by atoms with E-state index < -0.39 is 5.97 Å². The Bertz CT molecular complexity index is 576. The zero-order valence-electron chi connectivity index (χ0n) is 9.37. The Morgan fingerprint density at radius 2 is 1.83 bits per heavy atom. The molecule has 0 heterocycles. The second-order valence-electron chi connectivity index (χ2n) is 3.59. The van der Waals surface area contributed by atoms with Gasteiger partial charge in [-0.15, -0.1) is 0 Å². The minimum Gasteiger partial charge on any atom is -0.507 e. The van der Waals surface area contributed by atoms with Crippen molar-refractivity contribution in [1.82, 2.24) is 0 Å². The fraction of sp³-hybridized carbons (Fsp3) is 0. The van der Waals surface area contributed by atoms with E-state index >= 15 is 0 Å². The van der Waals surface area contributed by atoms with E-state index in [9.17, 15) is 14.7 Å². The molecule has 0 saturated heterocycles. The SMILES string of the molecule is O=Cc1cc(C(=O)Oc2ccccc2)ccc1O. The van der Waals surface area contributed by atoms with E-state index in [1.165, 1.54) is 18.2 Å². The predicted molar refractivity (Wildman–Crippen MR) is 64.9 cm³/mol. The van der Waals surface area contributed by atoms with Gasteiger partial charge in [0.25, 0.3) is 0 Å². The van der Waals surface area contributed by atoms with Gasteiger partial charge in [-0.1, -0.05) is 18.2 Å². The first-order chi connectivity index (χ1) is 8.70. The summed E-state index contributed by atoms with van der Waals surface area (Å²) in [5.41, 5.74) is 0.260. The van der Waals surface area contributed by atoms with Crippen LogP contribution in [0.5, 0.6) is 11.5 Å². The van der Waals surface area contributed by atoms with Crippen molar-refractivity contribution < 1.29 is 19.4 Å². The maximum absolute atomic E-state index is 11.8. The summed E-state index contributed by atoms with van der Waals surface area (Å²) < 4.78 is 5.10. The fourth-order valence-corrected chi connectivity index (χ4v) is 1.43. The topological polar surface area (TPSA) is 63.6 Å². The number of esters is 1. The lowest BCUT2D eigenvalue weighted by Gasteiger charge is -2.05. The maximum atomic E-state index is 11.8. The number of rotatable bonds is 3. The molecule has 0 radical (unpaired) electrons. The maximum Gasteiger partial charge on any atom is 0.343 e.